The number of hydrogen-bond acceptors (Lipinski definition) is 5. The van der Waals surface area contributed by atoms with Gasteiger partial charge in [-0.3, -0.25) is 16.2 Å². The molecule has 0 atom stereocenters. The van der Waals surface area contributed by atoms with Gasteiger partial charge < -0.3 is 29.7 Å². The van der Waals surface area contributed by atoms with Gasteiger partial charge in [0.15, 0.2) is 0 Å². The second kappa shape index (κ2) is 11.6. The zero-order valence-corrected chi connectivity index (χ0v) is 18.8. The molecule has 1 heterocycles. The lowest BCUT2D eigenvalue weighted by Gasteiger charge is -2.09. The number of nitrogen functional groups attached to an aromatic ring is 1. The van der Waals surface area contributed by atoms with E-state index in [1.807, 2.05) is 45.8 Å². The Balaban J connectivity index is 1.37. The monoisotopic (exact) mass is 449 g/mol. The SMILES string of the molecule is CNC(=N)c1ccc(OCCCn2ccn(CCCOc3ccc(C(=N)N)cc3)c2=N)cc1. The van der Waals surface area contributed by atoms with Crippen LogP contribution in [-0.2, 0) is 13.1 Å². The predicted octanol–water partition coefficient (Wildman–Crippen LogP) is 2.54. The number of nitrogens with two attached hydrogens (primary N) is 1. The lowest BCUT2D eigenvalue weighted by atomic mass is 10.2. The molecular formula is C24H31N7O2. The summed E-state index contributed by atoms with van der Waals surface area (Å²) in [4.78, 5) is 0. The molecular weight excluding hydrogens is 418 g/mol. The van der Waals surface area contributed by atoms with Crippen molar-refractivity contribution < 1.29 is 9.47 Å². The standard InChI is InChI=1S/C24H31N7O2/c1-29-23(27)19-6-10-21(11-7-19)33-17-3-13-31-15-14-30(24(31)28)12-2-16-32-20-8-4-18(5-9-20)22(25)26/h4-11,14-15,28H,2-3,12-13,16-17H2,1H3,(H3,25,26)(H2,27,29). The summed E-state index contributed by atoms with van der Waals surface area (Å²) < 4.78 is 15.3. The summed E-state index contributed by atoms with van der Waals surface area (Å²) in [5, 5.41) is 26.3. The molecule has 0 unspecified atom stereocenters. The molecule has 0 aliphatic carbocycles. The van der Waals surface area contributed by atoms with Gasteiger partial charge in [-0.1, -0.05) is 0 Å². The van der Waals surface area contributed by atoms with Crippen LogP contribution in [0.15, 0.2) is 60.9 Å². The third-order valence-corrected chi connectivity index (χ3v) is 5.15. The average molecular weight is 450 g/mol. The van der Waals surface area contributed by atoms with Crippen LogP contribution in [0, 0.1) is 16.2 Å². The topological polar surface area (TPSA) is 138 Å². The summed E-state index contributed by atoms with van der Waals surface area (Å²) in [5.74, 6) is 1.93. The van der Waals surface area contributed by atoms with Gasteiger partial charge in [0.25, 0.3) is 0 Å². The molecule has 2 aromatic carbocycles. The minimum atomic E-state index is 0.0398. The van der Waals surface area contributed by atoms with Crippen molar-refractivity contribution in [1.82, 2.24) is 14.5 Å². The number of amidine groups is 2. The molecule has 9 heteroatoms. The van der Waals surface area contributed by atoms with E-state index >= 15 is 0 Å². The van der Waals surface area contributed by atoms with Crippen LogP contribution in [0.5, 0.6) is 11.5 Å². The molecule has 0 radical (unpaired) electrons. The lowest BCUT2D eigenvalue weighted by molar-refractivity contribution is 0.296. The van der Waals surface area contributed by atoms with Gasteiger partial charge in [-0.05, 0) is 61.4 Å². The smallest absolute Gasteiger partial charge is 0.202 e. The molecule has 0 spiro atoms. The van der Waals surface area contributed by atoms with Gasteiger partial charge in [-0.15, -0.1) is 0 Å². The second-order valence-corrected chi connectivity index (χ2v) is 7.50. The minimum Gasteiger partial charge on any atom is -0.494 e. The van der Waals surface area contributed by atoms with Crippen molar-refractivity contribution in [3.8, 4) is 11.5 Å². The molecule has 0 fully saturated rings. The number of aromatic nitrogens is 2. The largest absolute Gasteiger partial charge is 0.494 e. The van der Waals surface area contributed by atoms with Crippen LogP contribution in [0.2, 0.25) is 0 Å². The van der Waals surface area contributed by atoms with E-state index < -0.39 is 0 Å². The molecule has 33 heavy (non-hydrogen) atoms. The number of imidazole rings is 1. The number of hydrogen-bond donors (Lipinski definition) is 5. The molecule has 174 valence electrons. The van der Waals surface area contributed by atoms with E-state index in [0.717, 1.165) is 29.9 Å². The van der Waals surface area contributed by atoms with Crippen LogP contribution < -0.4 is 26.1 Å². The van der Waals surface area contributed by atoms with E-state index in [9.17, 15) is 0 Å². The van der Waals surface area contributed by atoms with Crippen LogP contribution in [0.1, 0.15) is 24.0 Å². The van der Waals surface area contributed by atoms with Gasteiger partial charge in [-0.2, -0.15) is 0 Å². The first-order valence-electron chi connectivity index (χ1n) is 10.8. The molecule has 9 nitrogen and oxygen atoms in total. The van der Waals surface area contributed by atoms with Gasteiger partial charge in [-0.25, -0.2) is 0 Å². The van der Waals surface area contributed by atoms with E-state index in [2.05, 4.69) is 5.32 Å². The highest BCUT2D eigenvalue weighted by Crippen LogP contribution is 2.13. The Bertz CT molecular complexity index is 1110. The highest BCUT2D eigenvalue weighted by molar-refractivity contribution is 5.96. The fraction of sp³-hybridized carbons (Fsp3) is 0.292. The van der Waals surface area contributed by atoms with Crippen molar-refractivity contribution in [3.05, 3.63) is 77.7 Å². The maximum atomic E-state index is 8.36. The Morgan fingerprint density at radius 1 is 0.818 bits per heavy atom. The predicted molar refractivity (Wildman–Crippen MR) is 128 cm³/mol. The summed E-state index contributed by atoms with van der Waals surface area (Å²) in [6.07, 6.45) is 5.40. The molecule has 6 N–H and O–H groups in total. The van der Waals surface area contributed by atoms with Crippen LogP contribution in [0.3, 0.4) is 0 Å². The first-order chi connectivity index (χ1) is 16.0. The highest BCUT2D eigenvalue weighted by Gasteiger charge is 2.03. The molecule has 0 saturated heterocycles. The summed E-state index contributed by atoms with van der Waals surface area (Å²) in [6.45, 7) is 2.49. The van der Waals surface area contributed by atoms with E-state index in [-0.39, 0.29) is 5.84 Å². The third kappa shape index (κ3) is 6.73. The fourth-order valence-corrected chi connectivity index (χ4v) is 3.27. The zero-order valence-electron chi connectivity index (χ0n) is 18.8. The second-order valence-electron chi connectivity index (χ2n) is 7.50. The van der Waals surface area contributed by atoms with Gasteiger partial charge in [0.1, 0.15) is 23.2 Å². The van der Waals surface area contributed by atoms with E-state index in [0.29, 0.717) is 43.3 Å². The first kappa shape index (κ1) is 23.6. The Kier molecular flexibility index (Phi) is 8.29. The average Bonchev–Trinajstić information content (AvgIpc) is 3.18. The zero-order chi connectivity index (χ0) is 23.6. The molecule has 1 aromatic heterocycles. The van der Waals surface area contributed by atoms with Crippen molar-refractivity contribution in [2.75, 3.05) is 20.3 Å². The summed E-state index contributed by atoms with van der Waals surface area (Å²) >= 11 is 0. The van der Waals surface area contributed by atoms with Gasteiger partial charge in [0.2, 0.25) is 5.62 Å². The maximum Gasteiger partial charge on any atom is 0.202 e. The van der Waals surface area contributed by atoms with E-state index in [1.54, 1.807) is 31.3 Å². The van der Waals surface area contributed by atoms with Crippen molar-refractivity contribution in [2.45, 2.75) is 25.9 Å². The Morgan fingerprint density at radius 2 is 1.27 bits per heavy atom. The van der Waals surface area contributed by atoms with Crippen molar-refractivity contribution in [1.29, 1.82) is 16.2 Å². The number of ether oxygens (including phenoxy) is 2. The molecule has 0 amide bonds. The summed E-state index contributed by atoms with van der Waals surface area (Å²) in [7, 11) is 1.73. The van der Waals surface area contributed by atoms with Crippen LogP contribution in [0.4, 0.5) is 0 Å². The molecule has 0 aliphatic rings. The molecule has 0 saturated carbocycles. The van der Waals surface area contributed by atoms with Crippen LogP contribution in [0.25, 0.3) is 0 Å². The van der Waals surface area contributed by atoms with Gasteiger partial charge >= 0.3 is 0 Å². The molecule has 0 bridgehead atoms. The quantitative estimate of drug-likeness (QED) is 0.165. The molecule has 3 rings (SSSR count). The van der Waals surface area contributed by atoms with Crippen molar-refractivity contribution in [2.24, 2.45) is 5.73 Å². The number of rotatable bonds is 12. The number of nitrogens with zero attached hydrogens (tertiary/aromatic N) is 2. The van der Waals surface area contributed by atoms with Crippen molar-refractivity contribution in [3.63, 3.8) is 0 Å². The molecule has 0 aliphatic heterocycles. The van der Waals surface area contributed by atoms with Crippen LogP contribution in [-0.4, -0.2) is 41.1 Å². The Morgan fingerprint density at radius 3 is 1.70 bits per heavy atom. The van der Waals surface area contributed by atoms with E-state index in [1.165, 1.54) is 0 Å². The summed E-state index contributed by atoms with van der Waals surface area (Å²) in [6, 6.07) is 14.6. The Labute approximate surface area is 193 Å². The minimum absolute atomic E-state index is 0.0398. The first-order valence-corrected chi connectivity index (χ1v) is 10.8. The number of benzene rings is 2. The third-order valence-electron chi connectivity index (χ3n) is 5.15. The van der Waals surface area contributed by atoms with Crippen molar-refractivity contribution >= 4 is 11.7 Å². The highest BCUT2D eigenvalue weighted by atomic mass is 16.5. The van der Waals surface area contributed by atoms with E-state index in [4.69, 9.17) is 31.4 Å². The lowest BCUT2D eigenvalue weighted by Crippen LogP contribution is -2.25. The van der Waals surface area contributed by atoms with Gasteiger partial charge in [0.05, 0.1) is 13.2 Å². The molecule has 3 aromatic rings. The summed E-state index contributed by atoms with van der Waals surface area (Å²) in [5.41, 5.74) is 7.40. The number of nitrogens with one attached hydrogen (secondary N) is 4. The van der Waals surface area contributed by atoms with Gasteiger partial charge in [0, 0.05) is 43.7 Å². The number of aryl methyl sites for hydroxylation is 2. The van der Waals surface area contributed by atoms with Crippen LogP contribution >= 0.6 is 0 Å². The normalized spacial score (nSPS) is 10.6. The Hall–Kier alpha value is -4.01. The maximum absolute atomic E-state index is 8.36. The fourth-order valence-electron chi connectivity index (χ4n) is 3.27.